The average Bonchev–Trinajstić information content (AvgIpc) is 2.62. The number of nitrogens with one attached hydrogen (secondary N) is 1. The molecule has 1 atom stereocenters. The van der Waals surface area contributed by atoms with Crippen molar-refractivity contribution < 1.29 is 4.39 Å². The van der Waals surface area contributed by atoms with Crippen molar-refractivity contribution in [2.45, 2.75) is 12.8 Å². The molecule has 0 aliphatic rings. The second-order valence-corrected chi connectivity index (χ2v) is 4.11. The molecule has 3 heteroatoms. The van der Waals surface area contributed by atoms with Crippen LogP contribution in [0.1, 0.15) is 18.4 Å². The Morgan fingerprint density at radius 3 is 3.00 bits per heavy atom. The maximum Gasteiger partial charge on any atom is 0.132 e. The Bertz CT molecular complexity index is 449. The van der Waals surface area contributed by atoms with E-state index in [-0.39, 0.29) is 5.82 Å². The van der Waals surface area contributed by atoms with Gasteiger partial charge in [-0.25, -0.2) is 4.39 Å². The van der Waals surface area contributed by atoms with Crippen LogP contribution in [-0.2, 0) is 0 Å². The molecule has 0 aliphatic heterocycles. The summed E-state index contributed by atoms with van der Waals surface area (Å²) in [5, 5.41) is 1.56. The van der Waals surface area contributed by atoms with Crippen LogP contribution in [0.5, 0.6) is 0 Å². The van der Waals surface area contributed by atoms with Gasteiger partial charge in [0, 0.05) is 22.4 Å². The van der Waals surface area contributed by atoms with Crippen LogP contribution in [0.25, 0.3) is 10.9 Å². The van der Waals surface area contributed by atoms with Crippen LogP contribution in [0.4, 0.5) is 4.39 Å². The summed E-state index contributed by atoms with van der Waals surface area (Å²) in [5.74, 6) is 0.173. The smallest absolute Gasteiger partial charge is 0.132 e. The monoisotopic (exact) mass is 255 g/mol. The molecule has 0 aliphatic carbocycles. The van der Waals surface area contributed by atoms with Gasteiger partial charge in [-0.15, -0.1) is 0 Å². The number of halogens is 2. The molecule has 1 N–H and O–H groups in total. The van der Waals surface area contributed by atoms with E-state index in [1.54, 1.807) is 6.07 Å². The van der Waals surface area contributed by atoms with Crippen LogP contribution in [0.2, 0.25) is 0 Å². The first kappa shape index (κ1) is 9.71. The largest absolute Gasteiger partial charge is 0.361 e. The summed E-state index contributed by atoms with van der Waals surface area (Å²) in [4.78, 5) is 3.08. The normalized spacial score (nSPS) is 13.4. The highest BCUT2D eigenvalue weighted by atomic mass is 79.9. The number of alkyl halides is 1. The van der Waals surface area contributed by atoms with Gasteiger partial charge in [-0.1, -0.05) is 28.9 Å². The van der Waals surface area contributed by atoms with Crippen molar-refractivity contribution in [3.63, 3.8) is 0 Å². The van der Waals surface area contributed by atoms with Gasteiger partial charge in [0.25, 0.3) is 0 Å². The summed E-state index contributed by atoms with van der Waals surface area (Å²) < 4.78 is 13.5. The first-order valence-corrected chi connectivity index (χ1v) is 5.67. The minimum Gasteiger partial charge on any atom is -0.361 e. The number of rotatable bonds is 2. The van der Waals surface area contributed by atoms with E-state index < -0.39 is 0 Å². The van der Waals surface area contributed by atoms with Gasteiger partial charge < -0.3 is 4.98 Å². The molecule has 0 bridgehead atoms. The summed E-state index contributed by atoms with van der Waals surface area (Å²) in [7, 11) is 0. The van der Waals surface area contributed by atoms with Gasteiger partial charge in [0.2, 0.25) is 0 Å². The van der Waals surface area contributed by atoms with Crippen molar-refractivity contribution in [1.82, 2.24) is 4.98 Å². The van der Waals surface area contributed by atoms with Crippen LogP contribution >= 0.6 is 15.9 Å². The number of aromatic amines is 1. The molecule has 0 fully saturated rings. The van der Waals surface area contributed by atoms with Crippen LogP contribution in [0, 0.1) is 5.82 Å². The van der Waals surface area contributed by atoms with Crippen LogP contribution in [-0.4, -0.2) is 10.3 Å². The Balaban J connectivity index is 2.67. The maximum absolute atomic E-state index is 13.5. The first-order chi connectivity index (χ1) is 6.74. The fraction of sp³-hybridized carbons (Fsp3) is 0.273. The Hall–Kier alpha value is -0.830. The molecule has 1 aromatic heterocycles. The predicted molar refractivity (Wildman–Crippen MR) is 60.5 cm³/mol. The lowest BCUT2D eigenvalue weighted by Gasteiger charge is -2.05. The summed E-state index contributed by atoms with van der Waals surface area (Å²) in [6, 6.07) is 5.11. The van der Waals surface area contributed by atoms with Crippen molar-refractivity contribution in [2.75, 3.05) is 5.33 Å². The fourth-order valence-electron chi connectivity index (χ4n) is 1.64. The highest BCUT2D eigenvalue weighted by molar-refractivity contribution is 9.09. The average molecular weight is 256 g/mol. The highest BCUT2D eigenvalue weighted by Gasteiger charge is 2.12. The van der Waals surface area contributed by atoms with Crippen molar-refractivity contribution in [1.29, 1.82) is 0 Å². The molecule has 74 valence electrons. The van der Waals surface area contributed by atoms with Gasteiger partial charge in [-0.3, -0.25) is 0 Å². The lowest BCUT2D eigenvalue weighted by atomic mass is 10.0. The second kappa shape index (κ2) is 3.73. The van der Waals surface area contributed by atoms with Gasteiger partial charge >= 0.3 is 0 Å². The van der Waals surface area contributed by atoms with Crippen molar-refractivity contribution in [3.8, 4) is 0 Å². The number of H-pyrrole nitrogens is 1. The molecule has 1 heterocycles. The lowest BCUT2D eigenvalue weighted by molar-refractivity contribution is 0.638. The van der Waals surface area contributed by atoms with E-state index in [2.05, 4.69) is 27.8 Å². The molecule has 1 aromatic carbocycles. The first-order valence-electron chi connectivity index (χ1n) is 4.55. The van der Waals surface area contributed by atoms with E-state index in [9.17, 15) is 4.39 Å². The number of hydrogen-bond donors (Lipinski definition) is 1. The topological polar surface area (TPSA) is 15.8 Å². The van der Waals surface area contributed by atoms with Crippen molar-refractivity contribution in [3.05, 3.63) is 35.8 Å². The van der Waals surface area contributed by atoms with Gasteiger partial charge in [0.15, 0.2) is 0 Å². The molecule has 1 unspecified atom stereocenters. The molecule has 0 amide bonds. The molecular weight excluding hydrogens is 245 g/mol. The van der Waals surface area contributed by atoms with E-state index in [1.807, 2.05) is 12.3 Å². The Labute approximate surface area is 90.5 Å². The summed E-state index contributed by atoms with van der Waals surface area (Å²) in [6.07, 6.45) is 1.89. The van der Waals surface area contributed by atoms with Crippen LogP contribution < -0.4 is 0 Å². The predicted octanol–water partition coefficient (Wildman–Crippen LogP) is 3.81. The van der Waals surface area contributed by atoms with Gasteiger partial charge in [-0.05, 0) is 23.6 Å². The molecule has 0 spiro atoms. The van der Waals surface area contributed by atoms with Gasteiger partial charge in [0.1, 0.15) is 5.82 Å². The fourth-order valence-corrected chi connectivity index (χ4v) is 1.99. The van der Waals surface area contributed by atoms with Crippen LogP contribution in [0.15, 0.2) is 24.4 Å². The molecule has 2 rings (SSSR count). The molecule has 14 heavy (non-hydrogen) atoms. The minimum atomic E-state index is -0.147. The van der Waals surface area contributed by atoms with Gasteiger partial charge in [-0.2, -0.15) is 0 Å². The quantitative estimate of drug-likeness (QED) is 0.786. The third-order valence-corrected chi connectivity index (χ3v) is 3.42. The minimum absolute atomic E-state index is 0.147. The standard InChI is InChI=1S/C11H11BrFN/c1-7(5-12)8-6-14-10-4-2-3-9(13)11(8)10/h2-4,6-7,14H,5H2,1H3. The molecular formula is C11H11BrFN. The zero-order valence-electron chi connectivity index (χ0n) is 7.85. The van der Waals surface area contributed by atoms with E-state index >= 15 is 0 Å². The zero-order chi connectivity index (χ0) is 10.1. The van der Waals surface area contributed by atoms with E-state index in [1.165, 1.54) is 6.07 Å². The molecule has 0 saturated heterocycles. The summed E-state index contributed by atoms with van der Waals surface area (Å²) in [6.45, 7) is 2.07. The molecule has 0 radical (unpaired) electrons. The Morgan fingerprint density at radius 1 is 1.50 bits per heavy atom. The number of benzene rings is 1. The number of aromatic nitrogens is 1. The SMILES string of the molecule is CC(CBr)c1c[nH]c2cccc(F)c12. The summed E-state index contributed by atoms with van der Waals surface area (Å²) >= 11 is 3.41. The summed E-state index contributed by atoms with van der Waals surface area (Å²) in [5.41, 5.74) is 1.91. The molecule has 0 saturated carbocycles. The second-order valence-electron chi connectivity index (χ2n) is 3.46. The van der Waals surface area contributed by atoms with Gasteiger partial charge in [0.05, 0.1) is 0 Å². The number of fused-ring (bicyclic) bond motifs is 1. The van der Waals surface area contributed by atoms with Crippen molar-refractivity contribution in [2.24, 2.45) is 0 Å². The lowest BCUT2D eigenvalue weighted by Crippen LogP contribution is -1.93. The number of hydrogen-bond acceptors (Lipinski definition) is 0. The third kappa shape index (κ3) is 1.46. The van der Waals surface area contributed by atoms with E-state index in [0.717, 1.165) is 21.8 Å². The third-order valence-electron chi connectivity index (χ3n) is 2.45. The molecule has 1 nitrogen and oxygen atoms in total. The molecule has 2 aromatic rings. The van der Waals surface area contributed by atoms with Crippen LogP contribution in [0.3, 0.4) is 0 Å². The van der Waals surface area contributed by atoms with E-state index in [0.29, 0.717) is 5.92 Å². The zero-order valence-corrected chi connectivity index (χ0v) is 9.44. The Morgan fingerprint density at radius 2 is 2.29 bits per heavy atom. The van der Waals surface area contributed by atoms with E-state index in [4.69, 9.17) is 0 Å². The van der Waals surface area contributed by atoms with Crippen molar-refractivity contribution >= 4 is 26.8 Å². The maximum atomic E-state index is 13.5. The highest BCUT2D eigenvalue weighted by Crippen LogP contribution is 2.28. The Kier molecular flexibility index (Phi) is 2.59.